The summed E-state index contributed by atoms with van der Waals surface area (Å²) in [6, 6.07) is 7.92. The number of benzene rings is 1. The predicted molar refractivity (Wildman–Crippen MR) is 86.1 cm³/mol. The summed E-state index contributed by atoms with van der Waals surface area (Å²) in [6.45, 7) is 7.39. The summed E-state index contributed by atoms with van der Waals surface area (Å²) >= 11 is 5.92. The van der Waals surface area contributed by atoms with Crippen molar-refractivity contribution in [2.75, 3.05) is 18.0 Å². The number of nitrogens with one attached hydrogen (secondary N) is 1. The number of piperidine rings is 1. The average Bonchev–Trinajstić information content (AvgIpc) is 2.37. The van der Waals surface area contributed by atoms with Crippen LogP contribution in [-0.2, 0) is 4.74 Å². The molecule has 116 valence electrons. The first-order chi connectivity index (χ1) is 9.83. The quantitative estimate of drug-likeness (QED) is 0.902. The molecule has 0 spiro atoms. The maximum Gasteiger partial charge on any atom is 0.407 e. The first kappa shape index (κ1) is 16.0. The van der Waals surface area contributed by atoms with Crippen LogP contribution in [-0.4, -0.2) is 30.8 Å². The molecule has 4 nitrogen and oxygen atoms in total. The number of carbonyl (C=O) groups excluding carboxylic acids is 1. The zero-order chi connectivity index (χ0) is 15.5. The van der Waals surface area contributed by atoms with E-state index in [-0.39, 0.29) is 12.1 Å². The van der Waals surface area contributed by atoms with Gasteiger partial charge in [-0.2, -0.15) is 0 Å². The first-order valence-electron chi connectivity index (χ1n) is 7.33. The highest BCUT2D eigenvalue weighted by atomic mass is 35.5. The van der Waals surface area contributed by atoms with E-state index in [2.05, 4.69) is 10.2 Å². The minimum atomic E-state index is -0.464. The number of carbonyl (C=O) groups is 1. The molecule has 1 N–H and O–H groups in total. The number of hydrogen-bond acceptors (Lipinski definition) is 3. The fraction of sp³-hybridized carbons (Fsp3) is 0.562. The Morgan fingerprint density at radius 2 is 2.00 bits per heavy atom. The molecule has 1 heterocycles. The molecule has 1 unspecified atom stereocenters. The van der Waals surface area contributed by atoms with E-state index in [0.29, 0.717) is 0 Å². The van der Waals surface area contributed by atoms with E-state index in [4.69, 9.17) is 16.3 Å². The summed E-state index contributed by atoms with van der Waals surface area (Å²) in [7, 11) is 0. The normalized spacial score (nSPS) is 19.2. The van der Waals surface area contributed by atoms with Crippen LogP contribution in [0.2, 0.25) is 5.02 Å². The lowest BCUT2D eigenvalue weighted by Gasteiger charge is -2.35. The van der Waals surface area contributed by atoms with E-state index >= 15 is 0 Å². The monoisotopic (exact) mass is 310 g/mol. The van der Waals surface area contributed by atoms with Crippen molar-refractivity contribution < 1.29 is 9.53 Å². The van der Waals surface area contributed by atoms with Crippen molar-refractivity contribution >= 4 is 23.4 Å². The second-order valence-corrected chi connectivity index (χ2v) is 6.84. The fourth-order valence-corrected chi connectivity index (χ4v) is 2.58. The van der Waals surface area contributed by atoms with Crippen LogP contribution in [0.4, 0.5) is 10.5 Å². The van der Waals surface area contributed by atoms with Gasteiger partial charge in [0.1, 0.15) is 5.60 Å². The molecule has 0 saturated carbocycles. The van der Waals surface area contributed by atoms with E-state index in [1.54, 1.807) is 0 Å². The molecular formula is C16H23ClN2O2. The van der Waals surface area contributed by atoms with Gasteiger partial charge in [-0.05, 0) is 57.9 Å². The van der Waals surface area contributed by atoms with E-state index in [1.165, 1.54) is 0 Å². The molecule has 5 heteroatoms. The molecule has 1 aliphatic heterocycles. The van der Waals surface area contributed by atoms with Gasteiger partial charge in [-0.1, -0.05) is 11.6 Å². The lowest BCUT2D eigenvalue weighted by molar-refractivity contribution is 0.0500. The Bertz CT molecular complexity index is 482. The number of hydrogen-bond donors (Lipinski definition) is 1. The molecule has 0 bridgehead atoms. The number of amides is 1. The summed E-state index contributed by atoms with van der Waals surface area (Å²) in [4.78, 5) is 14.1. The van der Waals surface area contributed by atoms with Gasteiger partial charge in [0.25, 0.3) is 0 Å². The Labute approximate surface area is 131 Å². The number of ether oxygens (including phenoxy) is 1. The molecule has 1 aromatic rings. The van der Waals surface area contributed by atoms with Crippen LogP contribution in [0.25, 0.3) is 0 Å². The van der Waals surface area contributed by atoms with Crippen molar-refractivity contribution in [3.8, 4) is 0 Å². The maximum atomic E-state index is 11.8. The van der Waals surface area contributed by atoms with Crippen LogP contribution in [0.15, 0.2) is 24.3 Å². The minimum absolute atomic E-state index is 0.115. The highest BCUT2D eigenvalue weighted by Crippen LogP contribution is 2.22. The third-order valence-corrected chi connectivity index (χ3v) is 3.59. The summed E-state index contributed by atoms with van der Waals surface area (Å²) < 4.78 is 5.31. The lowest BCUT2D eigenvalue weighted by Crippen LogP contribution is -2.49. The molecule has 1 amide bonds. The smallest absolute Gasteiger partial charge is 0.407 e. The molecule has 21 heavy (non-hydrogen) atoms. The second kappa shape index (κ2) is 6.56. The van der Waals surface area contributed by atoms with Crippen LogP contribution in [0.3, 0.4) is 0 Å². The van der Waals surface area contributed by atoms with Gasteiger partial charge in [0.2, 0.25) is 0 Å². The predicted octanol–water partition coefficient (Wildman–Crippen LogP) is 3.83. The lowest BCUT2D eigenvalue weighted by atomic mass is 10.1. The van der Waals surface area contributed by atoms with Gasteiger partial charge in [0.05, 0.1) is 0 Å². The number of alkyl carbamates (subject to hydrolysis) is 1. The zero-order valence-electron chi connectivity index (χ0n) is 12.9. The van der Waals surface area contributed by atoms with E-state index in [0.717, 1.165) is 36.6 Å². The summed E-state index contributed by atoms with van der Waals surface area (Å²) in [5.41, 5.74) is 0.671. The molecule has 1 aromatic carbocycles. The van der Waals surface area contributed by atoms with Crippen molar-refractivity contribution in [1.82, 2.24) is 5.32 Å². The van der Waals surface area contributed by atoms with Crippen molar-refractivity contribution in [3.05, 3.63) is 29.3 Å². The Kier molecular flexibility index (Phi) is 4.99. The summed E-state index contributed by atoms with van der Waals surface area (Å²) in [5.74, 6) is 0. The Balaban J connectivity index is 1.91. The first-order valence-corrected chi connectivity index (χ1v) is 7.71. The number of halogens is 1. The molecule has 0 aliphatic carbocycles. The Hall–Kier alpha value is -1.42. The van der Waals surface area contributed by atoms with E-state index < -0.39 is 5.60 Å². The van der Waals surface area contributed by atoms with Crippen LogP contribution in [0.1, 0.15) is 33.6 Å². The third-order valence-electron chi connectivity index (χ3n) is 3.33. The van der Waals surface area contributed by atoms with Gasteiger partial charge in [0.15, 0.2) is 0 Å². The molecule has 2 rings (SSSR count). The van der Waals surface area contributed by atoms with Crippen molar-refractivity contribution in [1.29, 1.82) is 0 Å². The molecule has 1 aliphatic rings. The van der Waals surface area contributed by atoms with Gasteiger partial charge < -0.3 is 15.0 Å². The summed E-state index contributed by atoms with van der Waals surface area (Å²) in [5, 5.41) is 3.69. The molecule has 0 radical (unpaired) electrons. The molecule has 1 saturated heterocycles. The Morgan fingerprint density at radius 3 is 2.62 bits per heavy atom. The van der Waals surface area contributed by atoms with Crippen molar-refractivity contribution in [2.45, 2.75) is 45.3 Å². The number of rotatable bonds is 2. The highest BCUT2D eigenvalue weighted by molar-refractivity contribution is 6.30. The Morgan fingerprint density at radius 1 is 1.33 bits per heavy atom. The molecule has 1 atom stereocenters. The van der Waals surface area contributed by atoms with Gasteiger partial charge in [-0.15, -0.1) is 0 Å². The van der Waals surface area contributed by atoms with Gasteiger partial charge in [-0.3, -0.25) is 0 Å². The van der Waals surface area contributed by atoms with Gasteiger partial charge in [0, 0.05) is 29.8 Å². The van der Waals surface area contributed by atoms with Crippen LogP contribution in [0, 0.1) is 0 Å². The van der Waals surface area contributed by atoms with E-state index in [1.807, 2.05) is 45.0 Å². The summed E-state index contributed by atoms with van der Waals surface area (Å²) in [6.07, 6.45) is 1.68. The van der Waals surface area contributed by atoms with Gasteiger partial charge in [-0.25, -0.2) is 4.79 Å². The average molecular weight is 311 g/mol. The van der Waals surface area contributed by atoms with Crippen LogP contribution < -0.4 is 10.2 Å². The van der Waals surface area contributed by atoms with Gasteiger partial charge >= 0.3 is 6.09 Å². The topological polar surface area (TPSA) is 41.6 Å². The van der Waals surface area contributed by atoms with Crippen LogP contribution in [0.5, 0.6) is 0 Å². The fourth-order valence-electron chi connectivity index (χ4n) is 2.46. The van der Waals surface area contributed by atoms with Crippen molar-refractivity contribution in [2.24, 2.45) is 0 Å². The SMILES string of the molecule is CC(C)(C)OC(=O)NC1CCCN(c2ccc(Cl)cc2)C1. The number of nitrogens with zero attached hydrogens (tertiary/aromatic N) is 1. The van der Waals surface area contributed by atoms with E-state index in [9.17, 15) is 4.79 Å². The largest absolute Gasteiger partial charge is 0.444 e. The standard InChI is InChI=1S/C16H23ClN2O2/c1-16(2,3)21-15(20)18-13-5-4-10-19(11-13)14-8-6-12(17)7-9-14/h6-9,13H,4-5,10-11H2,1-3H3,(H,18,20). The van der Waals surface area contributed by atoms with Crippen LogP contribution >= 0.6 is 11.6 Å². The number of anilines is 1. The third kappa shape index (κ3) is 5.12. The van der Waals surface area contributed by atoms with Crippen molar-refractivity contribution in [3.63, 3.8) is 0 Å². The molecule has 0 aromatic heterocycles. The minimum Gasteiger partial charge on any atom is -0.444 e. The zero-order valence-corrected chi connectivity index (χ0v) is 13.6. The maximum absolute atomic E-state index is 11.8. The highest BCUT2D eigenvalue weighted by Gasteiger charge is 2.24. The molecular weight excluding hydrogens is 288 g/mol. The second-order valence-electron chi connectivity index (χ2n) is 6.41. The molecule has 1 fully saturated rings.